The van der Waals surface area contributed by atoms with Gasteiger partial charge < -0.3 is 10.6 Å². The van der Waals surface area contributed by atoms with Crippen molar-refractivity contribution in [1.82, 2.24) is 10.3 Å². The Balaban J connectivity index is 2.20. The molecule has 0 aliphatic heterocycles. The lowest BCUT2D eigenvalue weighted by atomic mass is 10.2. The van der Waals surface area contributed by atoms with Gasteiger partial charge in [0, 0.05) is 18.9 Å². The molecule has 4 nitrogen and oxygen atoms in total. The van der Waals surface area contributed by atoms with Gasteiger partial charge in [0.05, 0.1) is 17.4 Å². The fourth-order valence-electron chi connectivity index (χ4n) is 1.46. The molecule has 0 saturated heterocycles. The molecule has 0 fully saturated rings. The van der Waals surface area contributed by atoms with Crippen molar-refractivity contribution in [3.8, 4) is 0 Å². The molecule has 17 heavy (non-hydrogen) atoms. The highest BCUT2D eigenvalue weighted by molar-refractivity contribution is 5.94. The zero-order chi connectivity index (χ0) is 12.1. The van der Waals surface area contributed by atoms with Gasteiger partial charge in [-0.05, 0) is 18.2 Å². The Kier molecular flexibility index (Phi) is 3.35. The number of anilines is 2. The molecule has 1 aromatic carbocycles. The first-order valence-electron chi connectivity index (χ1n) is 5.29. The summed E-state index contributed by atoms with van der Waals surface area (Å²) >= 11 is 0. The molecule has 0 unspecified atom stereocenters. The third-order valence-corrected chi connectivity index (χ3v) is 2.29. The predicted octanol–water partition coefficient (Wildman–Crippen LogP) is 2.18. The summed E-state index contributed by atoms with van der Waals surface area (Å²) in [5, 5.41) is 5.75. The minimum Gasteiger partial charge on any atom is -0.355 e. The number of benzene rings is 1. The van der Waals surface area contributed by atoms with Crippen LogP contribution < -0.4 is 10.6 Å². The molecule has 0 atom stereocenters. The molecule has 86 valence electrons. The van der Waals surface area contributed by atoms with E-state index in [2.05, 4.69) is 15.6 Å². The molecule has 2 aromatic rings. The summed E-state index contributed by atoms with van der Waals surface area (Å²) in [5.41, 5.74) is 2.29. The minimum atomic E-state index is -0.144. The Morgan fingerprint density at radius 1 is 1.12 bits per heavy atom. The van der Waals surface area contributed by atoms with Crippen molar-refractivity contribution < 1.29 is 4.79 Å². The van der Waals surface area contributed by atoms with E-state index in [0.717, 1.165) is 11.4 Å². The average Bonchev–Trinajstić information content (AvgIpc) is 2.39. The van der Waals surface area contributed by atoms with Crippen LogP contribution in [0.25, 0.3) is 0 Å². The van der Waals surface area contributed by atoms with E-state index in [9.17, 15) is 4.79 Å². The highest BCUT2D eigenvalue weighted by Crippen LogP contribution is 2.15. The quantitative estimate of drug-likeness (QED) is 0.845. The lowest BCUT2D eigenvalue weighted by molar-refractivity contribution is 0.0963. The van der Waals surface area contributed by atoms with Crippen LogP contribution in [0.15, 0.2) is 48.8 Å². The molecule has 0 aliphatic rings. The Hall–Kier alpha value is -2.36. The van der Waals surface area contributed by atoms with Crippen LogP contribution in [0.3, 0.4) is 0 Å². The molecule has 0 aliphatic carbocycles. The maximum atomic E-state index is 11.4. The van der Waals surface area contributed by atoms with E-state index in [4.69, 9.17) is 0 Å². The maximum absolute atomic E-state index is 11.4. The number of hydrogen-bond donors (Lipinski definition) is 2. The van der Waals surface area contributed by atoms with Crippen molar-refractivity contribution in [3.05, 3.63) is 54.4 Å². The number of aromatic nitrogens is 1. The SMILES string of the molecule is CNC(=O)c1cncc(Nc2ccccc2)c1. The number of rotatable bonds is 3. The smallest absolute Gasteiger partial charge is 0.252 e. The van der Waals surface area contributed by atoms with Crippen LogP contribution in [0.2, 0.25) is 0 Å². The van der Waals surface area contributed by atoms with Gasteiger partial charge in [-0.3, -0.25) is 9.78 Å². The standard InChI is InChI=1S/C13H13N3O/c1-14-13(17)10-7-12(9-15-8-10)16-11-5-3-2-4-6-11/h2-9,16H,1H3,(H,14,17). The van der Waals surface area contributed by atoms with E-state index in [1.165, 1.54) is 6.20 Å². The highest BCUT2D eigenvalue weighted by Gasteiger charge is 2.04. The van der Waals surface area contributed by atoms with Gasteiger partial charge in [0.2, 0.25) is 0 Å². The summed E-state index contributed by atoms with van der Waals surface area (Å²) in [6, 6.07) is 11.5. The molecule has 2 rings (SSSR count). The van der Waals surface area contributed by atoms with Crippen LogP contribution in [0, 0.1) is 0 Å². The lowest BCUT2D eigenvalue weighted by Gasteiger charge is -2.07. The van der Waals surface area contributed by atoms with Gasteiger partial charge in [-0.1, -0.05) is 18.2 Å². The first-order valence-corrected chi connectivity index (χ1v) is 5.29. The summed E-state index contributed by atoms with van der Waals surface area (Å²) in [7, 11) is 1.60. The molecule has 0 bridgehead atoms. The average molecular weight is 227 g/mol. The van der Waals surface area contributed by atoms with E-state index in [0.29, 0.717) is 5.56 Å². The Morgan fingerprint density at radius 3 is 2.59 bits per heavy atom. The second-order valence-electron chi connectivity index (χ2n) is 3.53. The Bertz CT molecular complexity index is 511. The van der Waals surface area contributed by atoms with E-state index in [1.807, 2.05) is 30.3 Å². The van der Waals surface area contributed by atoms with Crippen LogP contribution in [-0.4, -0.2) is 17.9 Å². The third-order valence-electron chi connectivity index (χ3n) is 2.29. The summed E-state index contributed by atoms with van der Waals surface area (Å²) < 4.78 is 0. The monoisotopic (exact) mass is 227 g/mol. The Morgan fingerprint density at radius 2 is 1.88 bits per heavy atom. The zero-order valence-corrected chi connectivity index (χ0v) is 9.47. The molecule has 2 N–H and O–H groups in total. The Labute approximate surface area is 99.7 Å². The number of carbonyl (C=O) groups is 1. The highest BCUT2D eigenvalue weighted by atomic mass is 16.1. The summed E-state index contributed by atoms with van der Waals surface area (Å²) in [6.07, 6.45) is 3.22. The van der Waals surface area contributed by atoms with Crippen LogP contribution >= 0.6 is 0 Å². The number of pyridine rings is 1. The van der Waals surface area contributed by atoms with Crippen molar-refractivity contribution in [2.45, 2.75) is 0 Å². The summed E-state index contributed by atoms with van der Waals surface area (Å²) in [4.78, 5) is 15.5. The van der Waals surface area contributed by atoms with Crippen LogP contribution in [0.4, 0.5) is 11.4 Å². The molecular weight excluding hydrogens is 214 g/mol. The third kappa shape index (κ3) is 2.81. The first kappa shape index (κ1) is 11.1. The van der Waals surface area contributed by atoms with Crippen molar-refractivity contribution in [2.24, 2.45) is 0 Å². The first-order chi connectivity index (χ1) is 8.29. The van der Waals surface area contributed by atoms with E-state index >= 15 is 0 Å². The van der Waals surface area contributed by atoms with Crippen molar-refractivity contribution in [3.63, 3.8) is 0 Å². The molecule has 1 heterocycles. The van der Waals surface area contributed by atoms with Gasteiger partial charge in [-0.15, -0.1) is 0 Å². The minimum absolute atomic E-state index is 0.144. The largest absolute Gasteiger partial charge is 0.355 e. The summed E-state index contributed by atoms with van der Waals surface area (Å²) in [6.45, 7) is 0. The van der Waals surface area contributed by atoms with Crippen molar-refractivity contribution >= 4 is 17.3 Å². The van der Waals surface area contributed by atoms with Crippen LogP contribution in [0.5, 0.6) is 0 Å². The maximum Gasteiger partial charge on any atom is 0.252 e. The van der Waals surface area contributed by atoms with Gasteiger partial charge in [0.1, 0.15) is 0 Å². The van der Waals surface area contributed by atoms with Crippen LogP contribution in [0.1, 0.15) is 10.4 Å². The fraction of sp³-hybridized carbons (Fsp3) is 0.0769. The molecule has 0 radical (unpaired) electrons. The molecule has 0 spiro atoms. The van der Waals surface area contributed by atoms with Crippen molar-refractivity contribution in [1.29, 1.82) is 0 Å². The van der Waals surface area contributed by atoms with Gasteiger partial charge in [-0.25, -0.2) is 0 Å². The molecular formula is C13H13N3O. The van der Waals surface area contributed by atoms with E-state index in [-0.39, 0.29) is 5.91 Å². The number of amides is 1. The number of nitrogens with one attached hydrogen (secondary N) is 2. The fourth-order valence-corrected chi connectivity index (χ4v) is 1.46. The number of carbonyl (C=O) groups excluding carboxylic acids is 1. The van der Waals surface area contributed by atoms with E-state index in [1.54, 1.807) is 19.3 Å². The zero-order valence-electron chi connectivity index (χ0n) is 9.47. The lowest BCUT2D eigenvalue weighted by Crippen LogP contribution is -2.18. The number of nitrogens with zero attached hydrogens (tertiary/aromatic N) is 1. The van der Waals surface area contributed by atoms with Gasteiger partial charge in [0.15, 0.2) is 0 Å². The van der Waals surface area contributed by atoms with E-state index < -0.39 is 0 Å². The second kappa shape index (κ2) is 5.12. The van der Waals surface area contributed by atoms with Crippen molar-refractivity contribution in [2.75, 3.05) is 12.4 Å². The van der Waals surface area contributed by atoms with Gasteiger partial charge >= 0.3 is 0 Å². The number of hydrogen-bond acceptors (Lipinski definition) is 3. The molecule has 0 saturated carbocycles. The summed E-state index contributed by atoms with van der Waals surface area (Å²) in [5.74, 6) is -0.144. The normalized spacial score (nSPS) is 9.71. The predicted molar refractivity (Wildman–Crippen MR) is 67.4 cm³/mol. The number of para-hydroxylation sites is 1. The topological polar surface area (TPSA) is 54.0 Å². The molecule has 1 amide bonds. The van der Waals surface area contributed by atoms with Gasteiger partial charge in [0.25, 0.3) is 5.91 Å². The molecule has 1 aromatic heterocycles. The van der Waals surface area contributed by atoms with Gasteiger partial charge in [-0.2, -0.15) is 0 Å². The molecule has 4 heteroatoms. The van der Waals surface area contributed by atoms with Crippen LogP contribution in [-0.2, 0) is 0 Å². The second-order valence-corrected chi connectivity index (χ2v) is 3.53.